The largest absolute Gasteiger partial charge is 1.00 e. The van der Waals surface area contributed by atoms with Gasteiger partial charge in [-0.3, -0.25) is 0 Å². The van der Waals surface area contributed by atoms with E-state index < -0.39 is 0 Å². The van der Waals surface area contributed by atoms with Crippen LogP contribution in [0.3, 0.4) is 0 Å². The molecular formula is C15H29IN2O2. The molecule has 4 unspecified atom stereocenters. The second kappa shape index (κ2) is 5.30. The SMILES string of the molecule is CNC(=O)OC1C([N+](C)(C)C)C2CCC1(C)C2(C)C.[I-]. The minimum atomic E-state index is -0.298. The number of likely N-dealkylation sites (N-methyl/N-ethyl adjacent to an activating group) is 1. The third kappa shape index (κ3) is 2.34. The van der Waals surface area contributed by atoms with Crippen molar-refractivity contribution in [1.82, 2.24) is 5.32 Å². The molecule has 5 heteroatoms. The number of amides is 1. The summed E-state index contributed by atoms with van der Waals surface area (Å²) in [5, 5.41) is 2.60. The Morgan fingerprint density at radius 3 is 2.25 bits per heavy atom. The van der Waals surface area contributed by atoms with E-state index in [1.165, 1.54) is 6.42 Å². The van der Waals surface area contributed by atoms with Gasteiger partial charge in [0, 0.05) is 18.4 Å². The van der Waals surface area contributed by atoms with E-state index in [4.69, 9.17) is 4.74 Å². The van der Waals surface area contributed by atoms with Crippen LogP contribution in [0.25, 0.3) is 0 Å². The van der Waals surface area contributed by atoms with Crippen LogP contribution in [0.15, 0.2) is 0 Å². The first-order valence-corrected chi connectivity index (χ1v) is 7.25. The van der Waals surface area contributed by atoms with Crippen LogP contribution in [0, 0.1) is 16.7 Å². The van der Waals surface area contributed by atoms with Crippen molar-refractivity contribution in [1.29, 1.82) is 0 Å². The summed E-state index contributed by atoms with van der Waals surface area (Å²) in [4.78, 5) is 11.7. The van der Waals surface area contributed by atoms with E-state index in [-0.39, 0.29) is 47.0 Å². The van der Waals surface area contributed by atoms with E-state index in [0.717, 1.165) is 10.9 Å². The summed E-state index contributed by atoms with van der Waals surface area (Å²) in [7, 11) is 8.27. The highest BCUT2D eigenvalue weighted by atomic mass is 127. The monoisotopic (exact) mass is 396 g/mol. The van der Waals surface area contributed by atoms with Crippen LogP contribution in [0.2, 0.25) is 0 Å². The molecule has 0 spiro atoms. The fourth-order valence-corrected chi connectivity index (χ4v) is 4.58. The molecule has 2 aliphatic rings. The minimum Gasteiger partial charge on any atom is -1.00 e. The number of fused-ring (bicyclic) bond motifs is 2. The third-order valence-electron chi connectivity index (χ3n) is 6.06. The van der Waals surface area contributed by atoms with Crippen molar-refractivity contribution in [3.05, 3.63) is 0 Å². The molecule has 0 aliphatic heterocycles. The van der Waals surface area contributed by atoms with Crippen LogP contribution in [-0.4, -0.2) is 50.9 Å². The maximum Gasteiger partial charge on any atom is 0.407 e. The van der Waals surface area contributed by atoms with E-state index in [0.29, 0.717) is 12.0 Å². The molecule has 0 aromatic carbocycles. The van der Waals surface area contributed by atoms with E-state index in [9.17, 15) is 4.79 Å². The van der Waals surface area contributed by atoms with Gasteiger partial charge in [0.25, 0.3) is 0 Å². The molecule has 0 aromatic rings. The van der Waals surface area contributed by atoms with Gasteiger partial charge in [-0.25, -0.2) is 4.79 Å². The number of nitrogens with zero attached hydrogens (tertiary/aromatic N) is 1. The molecule has 2 bridgehead atoms. The number of quaternary nitrogens is 1. The molecule has 1 N–H and O–H groups in total. The van der Waals surface area contributed by atoms with Crippen molar-refractivity contribution in [3.8, 4) is 0 Å². The van der Waals surface area contributed by atoms with Crippen LogP contribution < -0.4 is 29.3 Å². The Hall–Kier alpha value is -0.0400. The lowest BCUT2D eigenvalue weighted by Gasteiger charge is -2.43. The smallest absolute Gasteiger partial charge is 0.407 e. The summed E-state index contributed by atoms with van der Waals surface area (Å²) in [5.41, 5.74) is 0.308. The van der Waals surface area contributed by atoms with Crippen LogP contribution in [0.5, 0.6) is 0 Å². The Kier molecular flexibility index (Phi) is 4.78. The second-order valence-electron chi connectivity index (χ2n) is 7.97. The summed E-state index contributed by atoms with van der Waals surface area (Å²) in [6, 6.07) is 0.381. The van der Waals surface area contributed by atoms with Gasteiger partial charge in [-0.05, 0) is 18.3 Å². The van der Waals surface area contributed by atoms with E-state index in [1.807, 2.05) is 0 Å². The molecule has 118 valence electrons. The number of nitrogens with one attached hydrogen (secondary N) is 1. The second-order valence-corrected chi connectivity index (χ2v) is 7.97. The third-order valence-corrected chi connectivity index (χ3v) is 6.06. The van der Waals surface area contributed by atoms with Crippen LogP contribution in [-0.2, 0) is 4.74 Å². The highest BCUT2D eigenvalue weighted by Crippen LogP contribution is 2.67. The zero-order valence-corrected chi connectivity index (χ0v) is 15.9. The van der Waals surface area contributed by atoms with Gasteiger partial charge in [-0.2, -0.15) is 0 Å². The number of halogens is 1. The zero-order chi connectivity index (χ0) is 14.6. The topological polar surface area (TPSA) is 38.3 Å². The first-order valence-electron chi connectivity index (χ1n) is 7.25. The van der Waals surface area contributed by atoms with Crippen molar-refractivity contribution in [2.45, 2.75) is 45.8 Å². The highest BCUT2D eigenvalue weighted by Gasteiger charge is 2.71. The molecule has 0 saturated heterocycles. The van der Waals surface area contributed by atoms with Crippen molar-refractivity contribution in [2.24, 2.45) is 16.7 Å². The molecule has 2 fully saturated rings. The summed E-state index contributed by atoms with van der Waals surface area (Å²) in [5.74, 6) is 0.618. The van der Waals surface area contributed by atoms with E-state index in [1.54, 1.807) is 7.05 Å². The Balaban J connectivity index is 0.00000200. The van der Waals surface area contributed by atoms with Gasteiger partial charge in [-0.15, -0.1) is 0 Å². The number of carbonyl (C=O) groups is 1. The summed E-state index contributed by atoms with van der Waals surface area (Å²) < 4.78 is 6.66. The molecule has 0 heterocycles. The molecule has 2 rings (SSSR count). The predicted molar refractivity (Wildman–Crippen MR) is 75.8 cm³/mol. The fourth-order valence-electron chi connectivity index (χ4n) is 4.58. The van der Waals surface area contributed by atoms with Gasteiger partial charge >= 0.3 is 6.09 Å². The number of alkyl carbamates (subject to hydrolysis) is 1. The summed E-state index contributed by atoms with van der Waals surface area (Å²) in [6.07, 6.45) is 2.11. The molecular weight excluding hydrogens is 367 g/mol. The van der Waals surface area contributed by atoms with Crippen LogP contribution in [0.4, 0.5) is 4.79 Å². The number of hydrogen-bond acceptors (Lipinski definition) is 2. The van der Waals surface area contributed by atoms with E-state index >= 15 is 0 Å². The first-order chi connectivity index (χ1) is 8.55. The Morgan fingerprint density at radius 2 is 1.80 bits per heavy atom. The minimum absolute atomic E-state index is 0. The molecule has 4 nitrogen and oxygen atoms in total. The summed E-state index contributed by atoms with van der Waals surface area (Å²) in [6.45, 7) is 7.00. The number of carbonyl (C=O) groups excluding carboxylic acids is 1. The lowest BCUT2D eigenvalue weighted by Crippen LogP contribution is -3.00. The molecule has 2 aliphatic carbocycles. The zero-order valence-electron chi connectivity index (χ0n) is 13.8. The van der Waals surface area contributed by atoms with Gasteiger partial charge in [0.15, 0.2) is 6.10 Å². The predicted octanol–water partition coefficient (Wildman–Crippen LogP) is -0.754. The first kappa shape index (κ1) is 18.0. The quantitative estimate of drug-likeness (QED) is 0.493. The number of rotatable bonds is 2. The van der Waals surface area contributed by atoms with Gasteiger partial charge in [0.2, 0.25) is 0 Å². The fraction of sp³-hybridized carbons (Fsp3) is 0.933. The van der Waals surface area contributed by atoms with Crippen molar-refractivity contribution in [2.75, 3.05) is 28.2 Å². The average molecular weight is 396 g/mol. The van der Waals surface area contributed by atoms with Gasteiger partial charge in [0.05, 0.1) is 21.1 Å². The summed E-state index contributed by atoms with van der Waals surface area (Å²) >= 11 is 0. The Bertz CT molecular complexity index is 392. The normalized spacial score (nSPS) is 38.2. The lowest BCUT2D eigenvalue weighted by molar-refractivity contribution is -0.903. The van der Waals surface area contributed by atoms with Crippen LogP contribution >= 0.6 is 0 Å². The van der Waals surface area contributed by atoms with Gasteiger partial charge < -0.3 is 38.5 Å². The highest BCUT2D eigenvalue weighted by molar-refractivity contribution is 5.67. The number of ether oxygens (including phenoxy) is 1. The molecule has 0 aromatic heterocycles. The molecule has 0 radical (unpaired) electrons. The lowest BCUT2D eigenvalue weighted by atomic mass is 9.70. The Labute approximate surface area is 140 Å². The number of hydrogen-bond donors (Lipinski definition) is 1. The van der Waals surface area contributed by atoms with Crippen molar-refractivity contribution in [3.63, 3.8) is 0 Å². The molecule has 20 heavy (non-hydrogen) atoms. The average Bonchev–Trinajstić information content (AvgIpc) is 2.59. The van der Waals surface area contributed by atoms with Gasteiger partial charge in [-0.1, -0.05) is 20.8 Å². The van der Waals surface area contributed by atoms with Crippen LogP contribution in [0.1, 0.15) is 33.6 Å². The maximum absolute atomic E-state index is 11.7. The Morgan fingerprint density at radius 1 is 1.25 bits per heavy atom. The van der Waals surface area contributed by atoms with E-state index in [2.05, 4.69) is 47.2 Å². The molecule has 1 amide bonds. The standard InChI is InChI=1S/C15H28N2O2.HI/c1-14(2)10-8-9-15(14,3)12(19-13(18)16-4)11(10)17(5,6)7;/h10-12H,8-9H2,1-7H3;1H. The molecule has 4 atom stereocenters. The van der Waals surface area contributed by atoms with Crippen molar-refractivity contribution >= 4 is 6.09 Å². The molecule has 2 saturated carbocycles. The maximum atomic E-state index is 11.7. The van der Waals surface area contributed by atoms with Gasteiger partial charge in [0.1, 0.15) is 6.04 Å². The van der Waals surface area contributed by atoms with Crippen molar-refractivity contribution < 1.29 is 38.0 Å².